The fourth-order valence-electron chi connectivity index (χ4n) is 4.88. The van der Waals surface area contributed by atoms with Gasteiger partial charge < -0.3 is 35.4 Å². The summed E-state index contributed by atoms with van der Waals surface area (Å²) in [5.74, 6) is -3.00. The first-order valence-electron chi connectivity index (χ1n) is 13.0. The Kier molecular flexibility index (Phi) is 13.9. The second kappa shape index (κ2) is 15.3. The van der Waals surface area contributed by atoms with Crippen molar-refractivity contribution in [1.29, 1.82) is 0 Å². The summed E-state index contributed by atoms with van der Waals surface area (Å²) in [6.45, 7) is 13.0. The lowest BCUT2D eigenvalue weighted by Gasteiger charge is -2.39. The molecule has 0 aliphatic heterocycles. The summed E-state index contributed by atoms with van der Waals surface area (Å²) >= 11 is 0. The highest BCUT2D eigenvalue weighted by Crippen LogP contribution is 2.31. The van der Waals surface area contributed by atoms with Crippen LogP contribution in [0.25, 0.3) is 0 Å². The van der Waals surface area contributed by atoms with Gasteiger partial charge in [0, 0.05) is 35.5 Å². The molecule has 0 amide bonds. The fourth-order valence-corrected chi connectivity index (χ4v) is 4.88. The molecular weight excluding hydrogens is 448 g/mol. The van der Waals surface area contributed by atoms with Crippen molar-refractivity contribution in [3.63, 3.8) is 0 Å². The van der Waals surface area contributed by atoms with Crippen LogP contribution in [0.15, 0.2) is 30.3 Å². The Balaban J connectivity index is 2.66. The Bertz CT molecular complexity index is 687. The van der Waals surface area contributed by atoms with Crippen molar-refractivity contribution < 1.29 is 35.4 Å². The van der Waals surface area contributed by atoms with E-state index in [1.807, 2.05) is 44.2 Å². The lowest BCUT2D eigenvalue weighted by atomic mass is 9.75. The second-order valence-corrected chi connectivity index (χ2v) is 10.7. The summed E-state index contributed by atoms with van der Waals surface area (Å²) in [6.07, 6.45) is -5.06. The maximum Gasteiger partial charge on any atom is 0.0717 e. The molecule has 12 atom stereocenters. The van der Waals surface area contributed by atoms with Gasteiger partial charge >= 0.3 is 0 Å². The maximum atomic E-state index is 10.9. The lowest BCUT2D eigenvalue weighted by Crippen LogP contribution is -2.48. The van der Waals surface area contributed by atoms with Crippen molar-refractivity contribution in [2.45, 2.75) is 98.1 Å². The summed E-state index contributed by atoms with van der Waals surface area (Å²) in [5, 5.41) is 64.2. The zero-order chi connectivity index (χ0) is 26.9. The quantitative estimate of drug-likeness (QED) is 0.207. The summed E-state index contributed by atoms with van der Waals surface area (Å²) in [7, 11) is 0. The first-order chi connectivity index (χ1) is 16.3. The molecule has 0 heterocycles. The number of ether oxygens (including phenoxy) is 1. The predicted molar refractivity (Wildman–Crippen MR) is 137 cm³/mol. The molecule has 0 aromatic heterocycles. The molecule has 0 saturated carbocycles. The topological polar surface area (TPSA) is 131 Å². The van der Waals surface area contributed by atoms with Crippen LogP contribution >= 0.6 is 0 Å². The Hall–Kier alpha value is -1.06. The first-order valence-corrected chi connectivity index (χ1v) is 13.0. The summed E-state index contributed by atoms with van der Waals surface area (Å²) in [5.41, 5.74) is 1.05. The van der Waals surface area contributed by atoms with Crippen LogP contribution in [0.4, 0.5) is 0 Å². The van der Waals surface area contributed by atoms with Crippen molar-refractivity contribution >= 4 is 0 Å². The molecular formula is C28H50O7. The van der Waals surface area contributed by atoms with Gasteiger partial charge in [-0.1, -0.05) is 78.8 Å². The van der Waals surface area contributed by atoms with Crippen molar-refractivity contribution in [1.82, 2.24) is 0 Å². The van der Waals surface area contributed by atoms with Crippen LogP contribution in [0.1, 0.15) is 60.5 Å². The normalized spacial score (nSPS) is 22.7. The molecule has 0 aliphatic rings. The van der Waals surface area contributed by atoms with E-state index in [9.17, 15) is 30.6 Å². The van der Waals surface area contributed by atoms with Gasteiger partial charge in [-0.25, -0.2) is 0 Å². The average molecular weight is 499 g/mol. The van der Waals surface area contributed by atoms with Crippen LogP contribution in [-0.4, -0.2) is 73.9 Å². The van der Waals surface area contributed by atoms with Gasteiger partial charge in [0.25, 0.3) is 0 Å². The SMILES string of the molecule is CC[C@@H](O)[C@@H](C)[C@H](O)[C@H](C)[C@@H](O)[C@@H](C)[C@H](O)[C@H](C)C(O)[C@@H](C)[C@H](O)[C@H](C)COCc1ccccc1. The minimum absolute atomic E-state index is 0.225. The van der Waals surface area contributed by atoms with Gasteiger partial charge in [0.15, 0.2) is 0 Å². The lowest BCUT2D eigenvalue weighted by molar-refractivity contribution is -0.110. The Morgan fingerprint density at radius 1 is 0.600 bits per heavy atom. The Morgan fingerprint density at radius 2 is 1.00 bits per heavy atom. The molecule has 0 radical (unpaired) electrons. The zero-order valence-electron chi connectivity index (χ0n) is 22.5. The van der Waals surface area contributed by atoms with Crippen molar-refractivity contribution in [3.8, 4) is 0 Å². The Morgan fingerprint density at radius 3 is 1.43 bits per heavy atom. The third-order valence-electron chi connectivity index (χ3n) is 7.95. The Labute approximate surface area is 211 Å². The highest BCUT2D eigenvalue weighted by molar-refractivity contribution is 5.13. The van der Waals surface area contributed by atoms with Crippen molar-refractivity contribution in [2.24, 2.45) is 35.5 Å². The van der Waals surface area contributed by atoms with Crippen LogP contribution in [0.5, 0.6) is 0 Å². The molecule has 1 aromatic carbocycles. The van der Waals surface area contributed by atoms with E-state index in [1.165, 1.54) is 0 Å². The number of hydrogen-bond donors (Lipinski definition) is 6. The van der Waals surface area contributed by atoms with E-state index in [4.69, 9.17) is 4.74 Å². The predicted octanol–water partition coefficient (Wildman–Crippen LogP) is 2.60. The smallest absolute Gasteiger partial charge is 0.0717 e. The zero-order valence-corrected chi connectivity index (χ0v) is 22.5. The van der Waals surface area contributed by atoms with Gasteiger partial charge in [0.1, 0.15) is 0 Å². The minimum atomic E-state index is -1.06. The molecule has 6 N–H and O–H groups in total. The largest absolute Gasteiger partial charge is 0.393 e. The standard InChI is InChI=1S/C28H50O7/c1-8-23(29)17(3)25(31)19(5)27(33)21(7)28(34)20(6)26(32)18(4)24(30)16(2)14-35-15-22-12-10-9-11-13-22/h9-13,16-21,23-34H,8,14-15H2,1-7H3/t16-,17-,18+,19+,20-,21-,23-,24-,25+,26?,27-,28-/m1/s1. The van der Waals surface area contributed by atoms with E-state index >= 15 is 0 Å². The summed E-state index contributed by atoms with van der Waals surface area (Å²) in [6, 6.07) is 9.76. The van der Waals surface area contributed by atoms with Crippen LogP contribution in [0.2, 0.25) is 0 Å². The first kappa shape index (κ1) is 32.0. The molecule has 1 aromatic rings. The van der Waals surface area contributed by atoms with E-state index in [0.717, 1.165) is 5.56 Å². The van der Waals surface area contributed by atoms with E-state index in [0.29, 0.717) is 19.6 Å². The van der Waals surface area contributed by atoms with Gasteiger partial charge in [0.05, 0.1) is 49.8 Å². The van der Waals surface area contributed by atoms with Crippen LogP contribution < -0.4 is 0 Å². The van der Waals surface area contributed by atoms with E-state index < -0.39 is 66.2 Å². The van der Waals surface area contributed by atoms with E-state index in [2.05, 4.69) is 0 Å². The number of rotatable bonds is 16. The van der Waals surface area contributed by atoms with E-state index in [-0.39, 0.29) is 5.92 Å². The highest BCUT2D eigenvalue weighted by atomic mass is 16.5. The second-order valence-electron chi connectivity index (χ2n) is 10.7. The number of benzene rings is 1. The van der Waals surface area contributed by atoms with Gasteiger partial charge in [-0.3, -0.25) is 0 Å². The van der Waals surface area contributed by atoms with Gasteiger partial charge in [-0.2, -0.15) is 0 Å². The molecule has 0 bridgehead atoms. The van der Waals surface area contributed by atoms with Crippen LogP contribution in [-0.2, 0) is 11.3 Å². The van der Waals surface area contributed by atoms with Crippen LogP contribution in [0, 0.1) is 35.5 Å². The average Bonchev–Trinajstić information content (AvgIpc) is 2.88. The van der Waals surface area contributed by atoms with Gasteiger partial charge in [-0.05, 0) is 12.0 Å². The molecule has 0 aliphatic carbocycles. The summed E-state index contributed by atoms with van der Waals surface area (Å²) in [4.78, 5) is 0. The molecule has 1 rings (SSSR count). The van der Waals surface area contributed by atoms with Crippen molar-refractivity contribution in [2.75, 3.05) is 6.61 Å². The monoisotopic (exact) mass is 498 g/mol. The maximum absolute atomic E-state index is 10.9. The number of hydrogen-bond acceptors (Lipinski definition) is 7. The highest BCUT2D eigenvalue weighted by Gasteiger charge is 2.40. The molecule has 7 heteroatoms. The molecule has 204 valence electrons. The van der Waals surface area contributed by atoms with Crippen LogP contribution in [0.3, 0.4) is 0 Å². The van der Waals surface area contributed by atoms with Crippen molar-refractivity contribution in [3.05, 3.63) is 35.9 Å². The number of aliphatic hydroxyl groups excluding tert-OH is 6. The van der Waals surface area contributed by atoms with E-state index in [1.54, 1.807) is 34.6 Å². The third-order valence-corrected chi connectivity index (χ3v) is 7.95. The molecule has 0 saturated heterocycles. The molecule has 1 unspecified atom stereocenters. The van der Waals surface area contributed by atoms with Gasteiger partial charge in [-0.15, -0.1) is 0 Å². The molecule has 0 fully saturated rings. The molecule has 7 nitrogen and oxygen atoms in total. The summed E-state index contributed by atoms with van der Waals surface area (Å²) < 4.78 is 5.74. The minimum Gasteiger partial charge on any atom is -0.393 e. The van der Waals surface area contributed by atoms with Gasteiger partial charge in [0.2, 0.25) is 0 Å². The molecule has 0 spiro atoms. The molecule has 35 heavy (non-hydrogen) atoms. The third kappa shape index (κ3) is 9.08. The fraction of sp³-hybridized carbons (Fsp3) is 0.786. The number of aliphatic hydroxyl groups is 6.